The summed E-state index contributed by atoms with van der Waals surface area (Å²) in [4.78, 5) is 13.8. The molecule has 0 radical (unpaired) electrons. The zero-order chi connectivity index (χ0) is 20.8. The molecular formula is C24H28N4O2. The van der Waals surface area contributed by atoms with Gasteiger partial charge in [-0.05, 0) is 60.7 Å². The molecule has 3 aromatic rings. The van der Waals surface area contributed by atoms with Gasteiger partial charge in [0.1, 0.15) is 0 Å². The molecule has 6 heteroatoms. The molecule has 156 valence electrons. The van der Waals surface area contributed by atoms with E-state index in [1.165, 1.54) is 42.0 Å². The number of amides is 1. The van der Waals surface area contributed by atoms with Crippen molar-refractivity contribution in [1.29, 1.82) is 0 Å². The maximum Gasteiger partial charge on any atom is 0.267 e. The number of aromatic nitrogens is 2. The molecule has 2 N–H and O–H groups in total. The molecular weight excluding hydrogens is 376 g/mol. The van der Waals surface area contributed by atoms with Crippen LogP contribution in [0.25, 0.3) is 11.6 Å². The highest BCUT2D eigenvalue weighted by molar-refractivity contribution is 5.90. The Morgan fingerprint density at radius 3 is 2.87 bits per heavy atom. The molecule has 30 heavy (non-hydrogen) atoms. The maximum absolute atomic E-state index is 11.2. The highest BCUT2D eigenvalue weighted by Crippen LogP contribution is 2.30. The lowest BCUT2D eigenvalue weighted by atomic mass is 9.99. The van der Waals surface area contributed by atoms with E-state index in [0.717, 1.165) is 31.5 Å². The van der Waals surface area contributed by atoms with Crippen LogP contribution in [0.1, 0.15) is 48.4 Å². The van der Waals surface area contributed by atoms with Crippen molar-refractivity contribution < 1.29 is 10.0 Å². The van der Waals surface area contributed by atoms with Crippen molar-refractivity contribution in [2.24, 2.45) is 0 Å². The summed E-state index contributed by atoms with van der Waals surface area (Å²) >= 11 is 0. The van der Waals surface area contributed by atoms with Crippen LogP contribution in [0.4, 0.5) is 0 Å². The second kappa shape index (κ2) is 9.69. The lowest BCUT2D eigenvalue weighted by Gasteiger charge is -2.30. The molecule has 0 spiro atoms. The third kappa shape index (κ3) is 4.78. The predicted molar refractivity (Wildman–Crippen MR) is 117 cm³/mol. The van der Waals surface area contributed by atoms with Crippen LogP contribution in [0.5, 0.6) is 0 Å². The fourth-order valence-electron chi connectivity index (χ4n) is 4.30. The fraction of sp³-hybridized carbons (Fsp3) is 0.333. The van der Waals surface area contributed by atoms with E-state index in [0.29, 0.717) is 6.04 Å². The molecule has 0 saturated carbocycles. The van der Waals surface area contributed by atoms with Gasteiger partial charge < -0.3 is 0 Å². The van der Waals surface area contributed by atoms with Crippen LogP contribution < -0.4 is 5.48 Å². The summed E-state index contributed by atoms with van der Waals surface area (Å²) in [5.74, 6) is -0.526. The Hall–Kier alpha value is -2.96. The van der Waals surface area contributed by atoms with Crippen molar-refractivity contribution in [3.63, 3.8) is 0 Å². The van der Waals surface area contributed by atoms with Crippen LogP contribution in [0.3, 0.4) is 0 Å². The zero-order valence-electron chi connectivity index (χ0n) is 17.1. The van der Waals surface area contributed by atoms with Gasteiger partial charge >= 0.3 is 0 Å². The average Bonchev–Trinajstić information content (AvgIpc) is 3.05. The predicted octanol–water partition coefficient (Wildman–Crippen LogP) is 4.01. The van der Waals surface area contributed by atoms with E-state index in [2.05, 4.69) is 34.3 Å². The van der Waals surface area contributed by atoms with E-state index in [-0.39, 0.29) is 0 Å². The number of carbonyl (C=O) groups excluding carboxylic acids is 1. The van der Waals surface area contributed by atoms with Crippen molar-refractivity contribution >= 4 is 17.5 Å². The number of likely N-dealkylation sites (tertiary alicyclic amines) is 1. The van der Waals surface area contributed by atoms with Crippen molar-refractivity contribution in [3.8, 4) is 0 Å². The summed E-state index contributed by atoms with van der Waals surface area (Å²) in [6.07, 6.45) is 12.9. The first kappa shape index (κ1) is 20.3. The van der Waals surface area contributed by atoms with Gasteiger partial charge in [-0.1, -0.05) is 43.2 Å². The van der Waals surface area contributed by atoms with Gasteiger partial charge in [0.25, 0.3) is 5.91 Å². The third-order valence-corrected chi connectivity index (χ3v) is 5.90. The lowest BCUT2D eigenvalue weighted by molar-refractivity contribution is -0.124. The van der Waals surface area contributed by atoms with Crippen LogP contribution >= 0.6 is 0 Å². The average molecular weight is 405 g/mol. The van der Waals surface area contributed by atoms with E-state index in [1.54, 1.807) is 11.6 Å². The Morgan fingerprint density at radius 2 is 2.03 bits per heavy atom. The van der Waals surface area contributed by atoms with Crippen molar-refractivity contribution in [2.45, 2.75) is 38.1 Å². The minimum Gasteiger partial charge on any atom is -0.296 e. The molecule has 1 saturated heterocycles. The molecule has 0 bridgehead atoms. The van der Waals surface area contributed by atoms with E-state index in [4.69, 9.17) is 5.21 Å². The number of hydrogen-bond donors (Lipinski definition) is 2. The molecule has 6 nitrogen and oxygen atoms in total. The highest BCUT2D eigenvalue weighted by Gasteiger charge is 2.22. The molecule has 3 heterocycles. The van der Waals surface area contributed by atoms with Gasteiger partial charge in [-0.15, -0.1) is 0 Å². The number of nitrogens with zero attached hydrogens (tertiary/aromatic N) is 3. The number of pyridine rings is 1. The second-order valence-electron chi connectivity index (χ2n) is 7.83. The smallest absolute Gasteiger partial charge is 0.267 e. The molecule has 1 atom stereocenters. The van der Waals surface area contributed by atoms with Crippen molar-refractivity contribution in [2.75, 3.05) is 13.1 Å². The number of nitrogens with one attached hydrogen (secondary N) is 1. The van der Waals surface area contributed by atoms with Crippen molar-refractivity contribution in [3.05, 3.63) is 77.6 Å². The van der Waals surface area contributed by atoms with E-state index >= 15 is 0 Å². The molecule has 2 aromatic heterocycles. The number of benzene rings is 1. The van der Waals surface area contributed by atoms with Crippen LogP contribution in [0.15, 0.2) is 60.9 Å². The third-order valence-electron chi connectivity index (χ3n) is 5.90. The van der Waals surface area contributed by atoms with E-state index in [1.807, 2.05) is 35.1 Å². The summed E-state index contributed by atoms with van der Waals surface area (Å²) in [6.45, 7) is 2.13. The Morgan fingerprint density at radius 1 is 1.17 bits per heavy atom. The largest absolute Gasteiger partial charge is 0.296 e. The quantitative estimate of drug-likeness (QED) is 0.370. The zero-order valence-corrected chi connectivity index (χ0v) is 17.1. The monoisotopic (exact) mass is 404 g/mol. The molecule has 1 fully saturated rings. The minimum atomic E-state index is -0.526. The minimum absolute atomic E-state index is 0.410. The first-order chi connectivity index (χ1) is 14.7. The van der Waals surface area contributed by atoms with Gasteiger partial charge in [0.05, 0.1) is 11.7 Å². The van der Waals surface area contributed by atoms with Crippen molar-refractivity contribution in [1.82, 2.24) is 20.0 Å². The first-order valence-corrected chi connectivity index (χ1v) is 10.6. The molecule has 0 unspecified atom stereocenters. The Balaban J connectivity index is 1.47. The Bertz CT molecular complexity index is 1010. The molecule has 1 aliphatic heterocycles. The van der Waals surface area contributed by atoms with Crippen LogP contribution in [0, 0.1) is 0 Å². The Labute approximate surface area is 176 Å². The molecule has 1 aliphatic rings. The summed E-state index contributed by atoms with van der Waals surface area (Å²) < 4.78 is 1.94. The summed E-state index contributed by atoms with van der Waals surface area (Å²) in [7, 11) is 0. The number of fused-ring (bicyclic) bond motifs is 1. The van der Waals surface area contributed by atoms with Gasteiger partial charge in [-0.2, -0.15) is 5.10 Å². The van der Waals surface area contributed by atoms with Gasteiger partial charge in [0, 0.05) is 24.9 Å². The van der Waals surface area contributed by atoms with Gasteiger partial charge in [-0.3, -0.25) is 14.9 Å². The summed E-state index contributed by atoms with van der Waals surface area (Å²) in [6, 6.07) is 15.0. The van der Waals surface area contributed by atoms with Gasteiger partial charge in [0.2, 0.25) is 0 Å². The highest BCUT2D eigenvalue weighted by atomic mass is 16.5. The fourth-order valence-corrected chi connectivity index (χ4v) is 4.30. The molecule has 1 amide bonds. The number of rotatable bonds is 6. The summed E-state index contributed by atoms with van der Waals surface area (Å²) in [5, 5.41) is 13.1. The van der Waals surface area contributed by atoms with Gasteiger partial charge in [-0.25, -0.2) is 10.00 Å². The van der Waals surface area contributed by atoms with E-state index < -0.39 is 5.91 Å². The normalized spacial score (nSPS) is 18.0. The van der Waals surface area contributed by atoms with Crippen LogP contribution in [-0.2, 0) is 11.2 Å². The standard InChI is InChI=1S/C24H28N4O2/c29-24(26-30)13-10-19-8-11-20(12-9-19)22-6-2-1-4-15-27(22)17-14-21-18-25-28-16-5-3-7-23(21)28/h3,5,7-13,16,18,22,30H,1-2,4,6,14-15,17H2,(H,26,29)/t22-/m0/s1. The summed E-state index contributed by atoms with van der Waals surface area (Å²) in [5.41, 5.74) is 6.35. The van der Waals surface area contributed by atoms with Crippen LogP contribution in [0.2, 0.25) is 0 Å². The molecule has 1 aromatic carbocycles. The molecule has 4 rings (SSSR count). The number of carbonyl (C=O) groups is 1. The molecule has 0 aliphatic carbocycles. The Kier molecular flexibility index (Phi) is 6.57. The lowest BCUT2D eigenvalue weighted by Crippen LogP contribution is -2.30. The second-order valence-corrected chi connectivity index (χ2v) is 7.83. The maximum atomic E-state index is 11.2. The van der Waals surface area contributed by atoms with Crippen LogP contribution in [-0.4, -0.2) is 38.7 Å². The number of hydrogen-bond acceptors (Lipinski definition) is 4. The SMILES string of the molecule is O=C(C=Cc1ccc([C@@H]2CCCCCN2CCc2cnn3ccccc23)cc1)NO. The van der Waals surface area contributed by atoms with E-state index in [9.17, 15) is 4.79 Å². The number of hydroxylamine groups is 1. The topological polar surface area (TPSA) is 69.9 Å². The first-order valence-electron chi connectivity index (χ1n) is 10.6. The van der Waals surface area contributed by atoms with Gasteiger partial charge in [0.15, 0.2) is 0 Å².